The van der Waals surface area contributed by atoms with Crippen LogP contribution in [0.2, 0.25) is 5.02 Å². The average Bonchev–Trinajstić information content (AvgIpc) is 2.32. The number of pyridine rings is 1. The standard InChI is InChI=1S/C10H17ClN4O2S/c1-12-6-4-8-15(2)18(16,17)14-10-9(11)5-3-7-13-10/h3,5,7,12H,4,6,8H2,1-2H3,(H,13,14). The van der Waals surface area contributed by atoms with Crippen LogP contribution in [0.25, 0.3) is 0 Å². The lowest BCUT2D eigenvalue weighted by Gasteiger charge is -2.18. The number of rotatable bonds is 7. The van der Waals surface area contributed by atoms with Gasteiger partial charge in [0.05, 0.1) is 5.02 Å². The van der Waals surface area contributed by atoms with Gasteiger partial charge in [-0.3, -0.25) is 4.72 Å². The van der Waals surface area contributed by atoms with E-state index in [4.69, 9.17) is 11.6 Å². The fourth-order valence-corrected chi connectivity index (χ4v) is 2.42. The van der Waals surface area contributed by atoms with Gasteiger partial charge in [0.1, 0.15) is 0 Å². The zero-order valence-corrected chi connectivity index (χ0v) is 11.9. The van der Waals surface area contributed by atoms with Crippen molar-refractivity contribution in [2.24, 2.45) is 0 Å². The number of hydrogen-bond acceptors (Lipinski definition) is 4. The Kier molecular flexibility index (Phi) is 5.80. The maximum atomic E-state index is 11.9. The summed E-state index contributed by atoms with van der Waals surface area (Å²) in [5.41, 5.74) is 0. The van der Waals surface area contributed by atoms with E-state index in [0.29, 0.717) is 6.54 Å². The molecule has 2 N–H and O–H groups in total. The van der Waals surface area contributed by atoms with Crippen LogP contribution in [0.1, 0.15) is 6.42 Å². The number of hydrogen-bond donors (Lipinski definition) is 2. The Bertz CT molecular complexity index is 481. The van der Waals surface area contributed by atoms with E-state index in [1.165, 1.54) is 17.5 Å². The summed E-state index contributed by atoms with van der Waals surface area (Å²) in [7, 11) is -0.279. The van der Waals surface area contributed by atoms with Crippen molar-refractivity contribution in [3.8, 4) is 0 Å². The van der Waals surface area contributed by atoms with Crippen molar-refractivity contribution in [3.63, 3.8) is 0 Å². The molecule has 1 aromatic rings. The molecule has 1 rings (SSSR count). The molecule has 0 amide bonds. The zero-order valence-electron chi connectivity index (χ0n) is 10.4. The molecule has 0 aliphatic heterocycles. The second kappa shape index (κ2) is 6.89. The van der Waals surface area contributed by atoms with Gasteiger partial charge in [-0.15, -0.1) is 0 Å². The minimum atomic E-state index is -3.61. The van der Waals surface area contributed by atoms with E-state index in [0.717, 1.165) is 13.0 Å². The third-order valence-electron chi connectivity index (χ3n) is 2.29. The first-order chi connectivity index (χ1) is 8.47. The molecule has 8 heteroatoms. The third-order valence-corrected chi connectivity index (χ3v) is 4.05. The predicted molar refractivity (Wildman–Crippen MR) is 73.0 cm³/mol. The smallest absolute Gasteiger partial charge is 0.302 e. The van der Waals surface area contributed by atoms with E-state index in [9.17, 15) is 8.42 Å². The van der Waals surface area contributed by atoms with Crippen LogP contribution in [0.15, 0.2) is 18.3 Å². The molecule has 0 unspecified atom stereocenters. The van der Waals surface area contributed by atoms with Crippen molar-refractivity contribution in [1.29, 1.82) is 0 Å². The van der Waals surface area contributed by atoms with Gasteiger partial charge < -0.3 is 5.32 Å². The number of nitrogens with zero attached hydrogens (tertiary/aromatic N) is 2. The Morgan fingerprint density at radius 2 is 2.22 bits per heavy atom. The molecular weight excluding hydrogens is 276 g/mol. The summed E-state index contributed by atoms with van der Waals surface area (Å²) < 4.78 is 27.5. The molecule has 0 aliphatic carbocycles. The maximum absolute atomic E-state index is 11.9. The highest BCUT2D eigenvalue weighted by atomic mass is 35.5. The lowest BCUT2D eigenvalue weighted by atomic mass is 10.4. The van der Waals surface area contributed by atoms with Crippen molar-refractivity contribution >= 4 is 27.6 Å². The van der Waals surface area contributed by atoms with Gasteiger partial charge in [0.2, 0.25) is 0 Å². The van der Waals surface area contributed by atoms with Gasteiger partial charge in [-0.05, 0) is 32.1 Å². The Hall–Kier alpha value is -0.890. The molecule has 0 aromatic carbocycles. The Morgan fingerprint density at radius 3 is 2.83 bits per heavy atom. The molecule has 0 bridgehead atoms. The highest BCUT2D eigenvalue weighted by Gasteiger charge is 2.18. The number of aromatic nitrogens is 1. The Balaban J connectivity index is 2.67. The van der Waals surface area contributed by atoms with Crippen molar-refractivity contribution in [3.05, 3.63) is 23.4 Å². The van der Waals surface area contributed by atoms with E-state index < -0.39 is 10.2 Å². The van der Waals surface area contributed by atoms with E-state index in [1.807, 2.05) is 7.05 Å². The fraction of sp³-hybridized carbons (Fsp3) is 0.500. The van der Waals surface area contributed by atoms with Gasteiger partial charge in [0.15, 0.2) is 5.82 Å². The topological polar surface area (TPSA) is 74.3 Å². The summed E-state index contributed by atoms with van der Waals surface area (Å²) in [6.07, 6.45) is 2.20. The van der Waals surface area contributed by atoms with Gasteiger partial charge >= 0.3 is 10.2 Å². The fourth-order valence-electron chi connectivity index (χ4n) is 1.26. The average molecular weight is 293 g/mol. The molecule has 1 aromatic heterocycles. The Labute approximate surface area is 113 Å². The normalized spacial score (nSPS) is 11.8. The first-order valence-corrected chi connectivity index (χ1v) is 7.28. The highest BCUT2D eigenvalue weighted by molar-refractivity contribution is 7.90. The third kappa shape index (κ3) is 4.41. The van der Waals surface area contributed by atoms with Gasteiger partial charge in [-0.25, -0.2) is 4.98 Å². The quantitative estimate of drug-likeness (QED) is 0.733. The van der Waals surface area contributed by atoms with Crippen LogP contribution < -0.4 is 10.0 Å². The molecule has 102 valence electrons. The van der Waals surface area contributed by atoms with Crippen molar-refractivity contribution in [2.75, 3.05) is 31.9 Å². The molecule has 0 fully saturated rings. The summed E-state index contributed by atoms with van der Waals surface area (Å²) in [6.45, 7) is 1.17. The van der Waals surface area contributed by atoms with Gasteiger partial charge in [0.25, 0.3) is 0 Å². The number of nitrogens with one attached hydrogen (secondary N) is 2. The largest absolute Gasteiger partial charge is 0.320 e. The van der Waals surface area contributed by atoms with Crippen LogP contribution in [-0.2, 0) is 10.2 Å². The molecule has 18 heavy (non-hydrogen) atoms. The minimum Gasteiger partial charge on any atom is -0.320 e. The molecule has 0 radical (unpaired) electrons. The van der Waals surface area contributed by atoms with E-state index in [-0.39, 0.29) is 10.8 Å². The second-order valence-electron chi connectivity index (χ2n) is 3.72. The molecule has 0 aliphatic rings. The number of halogens is 1. The SMILES string of the molecule is CNCCCN(C)S(=O)(=O)Nc1ncccc1Cl. The molecule has 6 nitrogen and oxygen atoms in total. The first kappa shape index (κ1) is 15.2. The lowest BCUT2D eigenvalue weighted by molar-refractivity contribution is 0.462. The predicted octanol–water partition coefficient (Wildman–Crippen LogP) is 0.933. The van der Waals surface area contributed by atoms with Gasteiger partial charge in [-0.1, -0.05) is 11.6 Å². The molecule has 0 saturated heterocycles. The van der Waals surface area contributed by atoms with Crippen LogP contribution in [0.3, 0.4) is 0 Å². The van der Waals surface area contributed by atoms with E-state index >= 15 is 0 Å². The highest BCUT2D eigenvalue weighted by Crippen LogP contribution is 2.19. The van der Waals surface area contributed by atoms with Gasteiger partial charge in [0, 0.05) is 19.8 Å². The van der Waals surface area contributed by atoms with Crippen LogP contribution in [0, 0.1) is 0 Å². The first-order valence-electron chi connectivity index (χ1n) is 5.46. The van der Waals surface area contributed by atoms with Crippen molar-refractivity contribution < 1.29 is 8.42 Å². The Morgan fingerprint density at radius 1 is 1.50 bits per heavy atom. The van der Waals surface area contributed by atoms with Crippen LogP contribution in [-0.4, -0.2) is 44.9 Å². The lowest BCUT2D eigenvalue weighted by Crippen LogP contribution is -2.34. The summed E-state index contributed by atoms with van der Waals surface area (Å²) >= 11 is 5.84. The van der Waals surface area contributed by atoms with E-state index in [1.54, 1.807) is 12.1 Å². The monoisotopic (exact) mass is 292 g/mol. The van der Waals surface area contributed by atoms with E-state index in [2.05, 4.69) is 15.0 Å². The molecule has 1 heterocycles. The maximum Gasteiger partial charge on any atom is 0.302 e. The summed E-state index contributed by atoms with van der Waals surface area (Å²) in [5, 5.41) is 3.23. The van der Waals surface area contributed by atoms with Crippen molar-refractivity contribution in [1.82, 2.24) is 14.6 Å². The van der Waals surface area contributed by atoms with Crippen LogP contribution >= 0.6 is 11.6 Å². The zero-order chi connectivity index (χ0) is 13.6. The molecule has 0 spiro atoms. The minimum absolute atomic E-state index is 0.139. The van der Waals surface area contributed by atoms with Crippen molar-refractivity contribution in [2.45, 2.75) is 6.42 Å². The summed E-state index contributed by atoms with van der Waals surface area (Å²) in [6, 6.07) is 3.21. The molecular formula is C10H17ClN4O2S. The molecule has 0 atom stereocenters. The van der Waals surface area contributed by atoms with Gasteiger partial charge in [-0.2, -0.15) is 12.7 Å². The molecule has 0 saturated carbocycles. The summed E-state index contributed by atoms with van der Waals surface area (Å²) in [4.78, 5) is 3.88. The van der Waals surface area contributed by atoms with Crippen LogP contribution in [0.5, 0.6) is 0 Å². The number of anilines is 1. The second-order valence-corrected chi connectivity index (χ2v) is 5.90. The summed E-state index contributed by atoms with van der Waals surface area (Å²) in [5.74, 6) is 0.139. The van der Waals surface area contributed by atoms with Crippen LogP contribution in [0.4, 0.5) is 5.82 Å².